The molecule has 90 valence electrons. The Kier molecular flexibility index (Phi) is 3.86. The van der Waals surface area contributed by atoms with Gasteiger partial charge in [-0.05, 0) is 31.0 Å². The zero-order valence-corrected chi connectivity index (χ0v) is 10.2. The van der Waals surface area contributed by atoms with Gasteiger partial charge >= 0.3 is 0 Å². The molecule has 1 aromatic carbocycles. The van der Waals surface area contributed by atoms with Crippen LogP contribution in [0.3, 0.4) is 0 Å². The fourth-order valence-electron chi connectivity index (χ4n) is 2.27. The predicted molar refractivity (Wildman–Crippen MR) is 66.4 cm³/mol. The summed E-state index contributed by atoms with van der Waals surface area (Å²) in [6.45, 7) is 0. The lowest BCUT2D eigenvalue weighted by Gasteiger charge is -2.28. The average Bonchev–Trinajstić information content (AvgIpc) is 2.34. The Bertz CT molecular complexity index is 442. The van der Waals surface area contributed by atoms with E-state index < -0.39 is 0 Å². The van der Waals surface area contributed by atoms with E-state index in [0.717, 1.165) is 25.7 Å². The van der Waals surface area contributed by atoms with Crippen molar-refractivity contribution in [1.29, 1.82) is 5.26 Å². The minimum Gasteiger partial charge on any atom is -0.380 e. The molecule has 0 saturated heterocycles. The Morgan fingerprint density at radius 2 is 2.12 bits per heavy atom. The Morgan fingerprint density at radius 1 is 1.35 bits per heavy atom. The summed E-state index contributed by atoms with van der Waals surface area (Å²) in [6.07, 6.45) is 4.03. The predicted octanol–water partition coefficient (Wildman–Crippen LogP) is 3.97. The number of hydrogen-bond donors (Lipinski definition) is 1. The fourth-order valence-corrected chi connectivity index (χ4v) is 2.44. The van der Waals surface area contributed by atoms with Gasteiger partial charge in [0.05, 0.1) is 22.7 Å². The summed E-state index contributed by atoms with van der Waals surface area (Å²) in [6, 6.07) is 6.63. The van der Waals surface area contributed by atoms with Gasteiger partial charge in [0.1, 0.15) is 5.82 Å². The van der Waals surface area contributed by atoms with Crippen LogP contribution < -0.4 is 5.32 Å². The molecule has 0 aliphatic heterocycles. The minimum absolute atomic E-state index is 0.0110. The highest BCUT2D eigenvalue weighted by Crippen LogP contribution is 2.30. The Hall–Kier alpha value is -1.27. The van der Waals surface area contributed by atoms with E-state index in [2.05, 4.69) is 11.4 Å². The van der Waals surface area contributed by atoms with Crippen molar-refractivity contribution in [2.45, 2.75) is 31.7 Å². The topological polar surface area (TPSA) is 35.8 Å². The lowest BCUT2D eigenvalue weighted by atomic mass is 9.85. The number of benzene rings is 1. The maximum absolute atomic E-state index is 13.1. The SMILES string of the molecule is N#CC1CCCCC1Nc1cc(F)ccc1Cl. The maximum atomic E-state index is 13.1. The second kappa shape index (κ2) is 5.37. The van der Waals surface area contributed by atoms with Crippen molar-refractivity contribution in [3.8, 4) is 6.07 Å². The molecule has 0 spiro atoms. The third-order valence-electron chi connectivity index (χ3n) is 3.20. The number of nitriles is 1. The number of anilines is 1. The van der Waals surface area contributed by atoms with Crippen LogP contribution in [0.4, 0.5) is 10.1 Å². The molecule has 1 aromatic rings. The molecule has 0 bridgehead atoms. The normalized spacial score (nSPS) is 24.1. The van der Waals surface area contributed by atoms with Crippen LogP contribution in [-0.4, -0.2) is 6.04 Å². The van der Waals surface area contributed by atoms with Crippen LogP contribution in [0.2, 0.25) is 5.02 Å². The number of nitrogens with zero attached hydrogens (tertiary/aromatic N) is 1. The van der Waals surface area contributed by atoms with Crippen LogP contribution in [0.15, 0.2) is 18.2 Å². The van der Waals surface area contributed by atoms with Gasteiger partial charge in [-0.25, -0.2) is 4.39 Å². The lowest BCUT2D eigenvalue weighted by molar-refractivity contribution is 0.388. The summed E-state index contributed by atoms with van der Waals surface area (Å²) >= 11 is 5.99. The molecular formula is C13H14ClFN2. The van der Waals surface area contributed by atoms with E-state index in [1.807, 2.05) is 0 Å². The zero-order valence-electron chi connectivity index (χ0n) is 9.42. The van der Waals surface area contributed by atoms with Gasteiger partial charge in [0.25, 0.3) is 0 Å². The standard InChI is InChI=1S/C13H14ClFN2/c14-11-6-5-10(15)7-13(11)17-12-4-2-1-3-9(12)8-16/h5-7,9,12,17H,1-4H2. The van der Waals surface area contributed by atoms with E-state index in [1.54, 1.807) is 0 Å². The van der Waals surface area contributed by atoms with Crippen molar-refractivity contribution in [3.05, 3.63) is 29.0 Å². The average molecular weight is 253 g/mol. The molecule has 2 nitrogen and oxygen atoms in total. The number of hydrogen-bond acceptors (Lipinski definition) is 2. The van der Waals surface area contributed by atoms with Crippen LogP contribution in [-0.2, 0) is 0 Å². The summed E-state index contributed by atoms with van der Waals surface area (Å²) in [7, 11) is 0. The smallest absolute Gasteiger partial charge is 0.125 e. The summed E-state index contributed by atoms with van der Waals surface area (Å²) in [5.41, 5.74) is 0.582. The second-order valence-corrected chi connectivity index (χ2v) is 4.80. The maximum Gasteiger partial charge on any atom is 0.125 e. The second-order valence-electron chi connectivity index (χ2n) is 4.40. The first-order chi connectivity index (χ1) is 8.20. The minimum atomic E-state index is -0.318. The number of rotatable bonds is 2. The molecular weight excluding hydrogens is 239 g/mol. The molecule has 1 fully saturated rings. The van der Waals surface area contributed by atoms with Crippen molar-refractivity contribution in [2.75, 3.05) is 5.32 Å². The molecule has 1 N–H and O–H groups in total. The molecule has 0 heterocycles. The molecule has 4 heteroatoms. The molecule has 2 atom stereocenters. The van der Waals surface area contributed by atoms with Gasteiger partial charge in [0.2, 0.25) is 0 Å². The van der Waals surface area contributed by atoms with Gasteiger partial charge in [-0.3, -0.25) is 0 Å². The van der Waals surface area contributed by atoms with Crippen molar-refractivity contribution in [1.82, 2.24) is 0 Å². The summed E-state index contributed by atoms with van der Waals surface area (Å²) < 4.78 is 13.1. The van der Waals surface area contributed by atoms with Crippen molar-refractivity contribution >= 4 is 17.3 Å². The largest absolute Gasteiger partial charge is 0.380 e. The first-order valence-electron chi connectivity index (χ1n) is 5.82. The van der Waals surface area contributed by atoms with Gasteiger partial charge in [0, 0.05) is 6.04 Å². The lowest BCUT2D eigenvalue weighted by Crippen LogP contribution is -2.31. The highest BCUT2D eigenvalue weighted by molar-refractivity contribution is 6.33. The fraction of sp³-hybridized carbons (Fsp3) is 0.462. The molecule has 1 aliphatic rings. The summed E-state index contributed by atoms with van der Waals surface area (Å²) in [4.78, 5) is 0. The van der Waals surface area contributed by atoms with Crippen molar-refractivity contribution in [3.63, 3.8) is 0 Å². The molecule has 1 aliphatic carbocycles. The van der Waals surface area contributed by atoms with Gasteiger partial charge in [-0.1, -0.05) is 24.4 Å². The third kappa shape index (κ3) is 2.89. The van der Waals surface area contributed by atoms with Crippen LogP contribution in [0.1, 0.15) is 25.7 Å². The van der Waals surface area contributed by atoms with E-state index in [1.165, 1.54) is 18.2 Å². The van der Waals surface area contributed by atoms with E-state index >= 15 is 0 Å². The first-order valence-corrected chi connectivity index (χ1v) is 6.19. The highest BCUT2D eigenvalue weighted by Gasteiger charge is 2.25. The van der Waals surface area contributed by atoms with Gasteiger partial charge < -0.3 is 5.32 Å². The Balaban J connectivity index is 2.14. The molecule has 0 amide bonds. The summed E-state index contributed by atoms with van der Waals surface area (Å²) in [5.74, 6) is -0.329. The van der Waals surface area contributed by atoms with E-state index in [9.17, 15) is 4.39 Å². The van der Waals surface area contributed by atoms with Gasteiger partial charge in [-0.15, -0.1) is 0 Å². The van der Waals surface area contributed by atoms with Crippen LogP contribution in [0.5, 0.6) is 0 Å². The Labute approximate surface area is 105 Å². The monoisotopic (exact) mass is 252 g/mol. The van der Waals surface area contributed by atoms with Crippen LogP contribution in [0.25, 0.3) is 0 Å². The van der Waals surface area contributed by atoms with E-state index in [-0.39, 0.29) is 17.8 Å². The number of nitrogens with one attached hydrogen (secondary N) is 1. The van der Waals surface area contributed by atoms with Crippen LogP contribution >= 0.6 is 11.6 Å². The molecule has 1 saturated carbocycles. The van der Waals surface area contributed by atoms with Gasteiger partial charge in [0.15, 0.2) is 0 Å². The van der Waals surface area contributed by atoms with E-state index in [4.69, 9.17) is 16.9 Å². The quantitative estimate of drug-likeness (QED) is 0.864. The van der Waals surface area contributed by atoms with Crippen LogP contribution in [0, 0.1) is 23.1 Å². The van der Waals surface area contributed by atoms with E-state index in [0.29, 0.717) is 10.7 Å². The zero-order chi connectivity index (χ0) is 12.3. The van der Waals surface area contributed by atoms with Crippen molar-refractivity contribution in [2.24, 2.45) is 5.92 Å². The molecule has 17 heavy (non-hydrogen) atoms. The summed E-state index contributed by atoms with van der Waals surface area (Å²) in [5, 5.41) is 12.8. The molecule has 0 aromatic heterocycles. The number of halogens is 2. The van der Waals surface area contributed by atoms with Gasteiger partial charge in [-0.2, -0.15) is 5.26 Å². The molecule has 2 rings (SSSR count). The highest BCUT2D eigenvalue weighted by atomic mass is 35.5. The molecule has 2 unspecified atom stereocenters. The molecule has 0 radical (unpaired) electrons. The van der Waals surface area contributed by atoms with Crippen molar-refractivity contribution < 1.29 is 4.39 Å². The first kappa shape index (κ1) is 12.2. The third-order valence-corrected chi connectivity index (χ3v) is 3.53. The Morgan fingerprint density at radius 3 is 2.88 bits per heavy atom.